The number of anilines is 1. The first-order chi connectivity index (χ1) is 7.69. The second-order valence-corrected chi connectivity index (χ2v) is 3.11. The summed E-state index contributed by atoms with van der Waals surface area (Å²) in [7, 11) is 0. The van der Waals surface area contributed by atoms with E-state index in [1.54, 1.807) is 0 Å². The first-order valence-electron chi connectivity index (χ1n) is 4.92. The van der Waals surface area contributed by atoms with Gasteiger partial charge >= 0.3 is 5.97 Å². The summed E-state index contributed by atoms with van der Waals surface area (Å²) in [4.78, 5) is 20.5. The number of hydrogen-bond acceptors (Lipinski definition) is 4. The zero-order chi connectivity index (χ0) is 12.0. The highest BCUT2D eigenvalue weighted by Crippen LogP contribution is 2.07. The van der Waals surface area contributed by atoms with Crippen molar-refractivity contribution >= 4 is 11.9 Å². The molecule has 1 aromatic rings. The van der Waals surface area contributed by atoms with Crippen LogP contribution in [0, 0.1) is 12.3 Å². The average Bonchev–Trinajstić information content (AvgIpc) is 2.30. The van der Waals surface area contributed by atoms with Gasteiger partial charge in [0, 0.05) is 31.9 Å². The van der Waals surface area contributed by atoms with Gasteiger partial charge in [-0.1, -0.05) is 0 Å². The van der Waals surface area contributed by atoms with Crippen LogP contribution in [0.5, 0.6) is 0 Å². The summed E-state index contributed by atoms with van der Waals surface area (Å²) in [6.07, 6.45) is 8.38. The highest BCUT2D eigenvalue weighted by Gasteiger charge is 2.08. The van der Waals surface area contributed by atoms with Crippen molar-refractivity contribution < 1.29 is 9.90 Å². The zero-order valence-corrected chi connectivity index (χ0v) is 9.05. The third-order valence-electron chi connectivity index (χ3n) is 2.08. The Morgan fingerprint density at radius 1 is 1.56 bits per heavy atom. The molecule has 0 fully saturated rings. The lowest BCUT2D eigenvalue weighted by atomic mass is 10.3. The molecule has 0 amide bonds. The molecule has 1 rings (SSSR count). The van der Waals surface area contributed by atoms with E-state index in [1.165, 1.54) is 12.4 Å². The van der Waals surface area contributed by atoms with Gasteiger partial charge in [-0.05, 0) is 6.92 Å². The van der Waals surface area contributed by atoms with E-state index in [0.29, 0.717) is 18.9 Å². The fourth-order valence-corrected chi connectivity index (χ4v) is 1.19. The molecular formula is C11H13N3O2. The van der Waals surface area contributed by atoms with E-state index in [0.717, 1.165) is 6.54 Å². The highest BCUT2D eigenvalue weighted by atomic mass is 16.4. The molecule has 0 bridgehead atoms. The summed E-state index contributed by atoms with van der Waals surface area (Å²) in [5.41, 5.74) is 0.0803. The molecule has 0 saturated heterocycles. The Labute approximate surface area is 94.1 Å². The van der Waals surface area contributed by atoms with Crippen LogP contribution in [0.25, 0.3) is 0 Å². The van der Waals surface area contributed by atoms with Gasteiger partial charge in [-0.25, -0.2) is 14.8 Å². The van der Waals surface area contributed by atoms with Crippen LogP contribution in [-0.2, 0) is 0 Å². The zero-order valence-electron chi connectivity index (χ0n) is 9.05. The van der Waals surface area contributed by atoms with Crippen LogP contribution in [0.2, 0.25) is 0 Å². The van der Waals surface area contributed by atoms with E-state index in [9.17, 15) is 4.79 Å². The summed E-state index contributed by atoms with van der Waals surface area (Å²) in [6.45, 7) is 3.36. The molecule has 5 nitrogen and oxygen atoms in total. The third-order valence-corrected chi connectivity index (χ3v) is 2.08. The molecule has 1 heterocycles. The van der Waals surface area contributed by atoms with Gasteiger partial charge in [0.1, 0.15) is 0 Å². The van der Waals surface area contributed by atoms with Crippen LogP contribution >= 0.6 is 0 Å². The molecule has 0 saturated carbocycles. The molecule has 84 valence electrons. The van der Waals surface area contributed by atoms with Gasteiger partial charge in [-0.2, -0.15) is 0 Å². The van der Waals surface area contributed by atoms with Gasteiger partial charge in [-0.3, -0.25) is 0 Å². The first-order valence-corrected chi connectivity index (χ1v) is 4.92. The molecule has 0 aliphatic carbocycles. The molecule has 0 spiro atoms. The minimum Gasteiger partial charge on any atom is -0.478 e. The fourth-order valence-electron chi connectivity index (χ4n) is 1.19. The minimum absolute atomic E-state index is 0.0803. The van der Waals surface area contributed by atoms with Crippen LogP contribution in [0.15, 0.2) is 12.4 Å². The van der Waals surface area contributed by atoms with Gasteiger partial charge < -0.3 is 10.0 Å². The predicted molar refractivity (Wildman–Crippen MR) is 60.3 cm³/mol. The number of hydrogen-bond donors (Lipinski definition) is 1. The molecule has 1 N–H and O–H groups in total. The minimum atomic E-state index is -1.03. The largest absolute Gasteiger partial charge is 0.478 e. The number of aromatic carboxylic acids is 1. The van der Waals surface area contributed by atoms with Crippen molar-refractivity contribution in [1.29, 1.82) is 0 Å². The summed E-state index contributed by atoms with van der Waals surface area (Å²) < 4.78 is 0. The number of carboxylic acid groups (broad SMARTS) is 1. The predicted octanol–water partition coefficient (Wildman–Crippen LogP) is 1.02. The second-order valence-electron chi connectivity index (χ2n) is 3.11. The number of carboxylic acids is 1. The van der Waals surface area contributed by atoms with Crippen molar-refractivity contribution in [2.45, 2.75) is 13.3 Å². The Hall–Kier alpha value is -2.09. The summed E-state index contributed by atoms with van der Waals surface area (Å²) in [6, 6.07) is 0. The summed E-state index contributed by atoms with van der Waals surface area (Å²) >= 11 is 0. The Balaban J connectivity index is 2.78. The van der Waals surface area contributed by atoms with Gasteiger partial charge in [0.2, 0.25) is 5.95 Å². The quantitative estimate of drug-likeness (QED) is 0.749. The fraction of sp³-hybridized carbons (Fsp3) is 0.364. The summed E-state index contributed by atoms with van der Waals surface area (Å²) in [5, 5.41) is 8.69. The lowest BCUT2D eigenvalue weighted by molar-refractivity contribution is 0.0696. The van der Waals surface area contributed by atoms with Gasteiger partial charge in [0.05, 0.1) is 5.56 Å². The summed E-state index contributed by atoms with van der Waals surface area (Å²) in [5.74, 6) is 2.01. The maximum atomic E-state index is 10.6. The smallest absolute Gasteiger partial charge is 0.338 e. The van der Waals surface area contributed by atoms with Crippen molar-refractivity contribution in [1.82, 2.24) is 9.97 Å². The van der Waals surface area contributed by atoms with Crippen molar-refractivity contribution in [2.75, 3.05) is 18.0 Å². The standard InChI is InChI=1S/C11H13N3O2/c1-3-5-6-14(4-2)11-12-7-9(8-13-11)10(15)16/h1,7-8H,4-6H2,2H3,(H,15,16). The van der Waals surface area contributed by atoms with E-state index < -0.39 is 5.97 Å². The molecule has 0 radical (unpaired) electrons. The molecule has 0 unspecified atom stereocenters. The average molecular weight is 219 g/mol. The van der Waals surface area contributed by atoms with Crippen LogP contribution in [0.4, 0.5) is 5.95 Å². The van der Waals surface area contributed by atoms with Crippen LogP contribution in [0.3, 0.4) is 0 Å². The van der Waals surface area contributed by atoms with Crippen LogP contribution < -0.4 is 4.90 Å². The van der Waals surface area contributed by atoms with Crippen molar-refractivity contribution in [3.05, 3.63) is 18.0 Å². The van der Waals surface area contributed by atoms with E-state index in [2.05, 4.69) is 15.9 Å². The second kappa shape index (κ2) is 5.71. The molecule has 0 aliphatic heterocycles. The topological polar surface area (TPSA) is 66.3 Å². The van der Waals surface area contributed by atoms with Crippen molar-refractivity contribution in [3.8, 4) is 12.3 Å². The van der Waals surface area contributed by atoms with Crippen molar-refractivity contribution in [3.63, 3.8) is 0 Å². The maximum Gasteiger partial charge on any atom is 0.338 e. The Kier molecular flexibility index (Phi) is 4.28. The normalized spacial score (nSPS) is 9.50. The lowest BCUT2D eigenvalue weighted by Crippen LogP contribution is -2.25. The van der Waals surface area contributed by atoms with Crippen LogP contribution in [-0.4, -0.2) is 34.1 Å². The van der Waals surface area contributed by atoms with Gasteiger partial charge in [-0.15, -0.1) is 12.3 Å². The Bertz CT molecular complexity index is 395. The molecule has 1 aromatic heterocycles. The van der Waals surface area contributed by atoms with E-state index in [1.807, 2.05) is 11.8 Å². The van der Waals surface area contributed by atoms with E-state index >= 15 is 0 Å². The number of rotatable bonds is 5. The first kappa shape index (κ1) is 12.0. The highest BCUT2D eigenvalue weighted by molar-refractivity contribution is 5.86. The molecule has 0 aromatic carbocycles. The number of terminal acetylenes is 1. The lowest BCUT2D eigenvalue weighted by Gasteiger charge is -2.19. The van der Waals surface area contributed by atoms with Crippen molar-refractivity contribution in [2.24, 2.45) is 0 Å². The Morgan fingerprint density at radius 3 is 2.62 bits per heavy atom. The monoisotopic (exact) mass is 219 g/mol. The van der Waals surface area contributed by atoms with Gasteiger partial charge in [0.15, 0.2) is 0 Å². The Morgan fingerprint density at radius 2 is 2.19 bits per heavy atom. The number of nitrogens with zero attached hydrogens (tertiary/aromatic N) is 3. The molecule has 0 aliphatic rings. The molecule has 0 atom stereocenters. The molecule has 16 heavy (non-hydrogen) atoms. The molecular weight excluding hydrogens is 206 g/mol. The third kappa shape index (κ3) is 2.95. The van der Waals surface area contributed by atoms with Gasteiger partial charge in [0.25, 0.3) is 0 Å². The SMILES string of the molecule is C#CCCN(CC)c1ncc(C(=O)O)cn1. The van der Waals surface area contributed by atoms with Crippen LogP contribution in [0.1, 0.15) is 23.7 Å². The van der Waals surface area contributed by atoms with E-state index in [-0.39, 0.29) is 5.56 Å². The van der Waals surface area contributed by atoms with E-state index in [4.69, 9.17) is 11.5 Å². The number of aromatic nitrogens is 2. The molecule has 5 heteroatoms. The maximum absolute atomic E-state index is 10.6. The number of carbonyl (C=O) groups is 1.